The van der Waals surface area contributed by atoms with Crippen LogP contribution in [0.15, 0.2) is 42.6 Å². The van der Waals surface area contributed by atoms with E-state index < -0.39 is 12.1 Å². The third-order valence-corrected chi connectivity index (χ3v) is 9.33. The molecule has 1 aromatic heterocycles. The van der Waals surface area contributed by atoms with Crippen LogP contribution in [0.5, 0.6) is 17.2 Å². The molecule has 46 heavy (non-hydrogen) atoms. The fraction of sp³-hybridized carbons (Fsp3) is 0.556. The van der Waals surface area contributed by atoms with Crippen molar-refractivity contribution in [3.8, 4) is 17.2 Å². The van der Waals surface area contributed by atoms with Crippen LogP contribution in [0.25, 0.3) is 10.9 Å². The molecule has 0 spiro atoms. The van der Waals surface area contributed by atoms with E-state index in [1.807, 2.05) is 63.4 Å². The number of aromatic amines is 1. The Morgan fingerprint density at radius 3 is 2.17 bits per heavy atom. The molecule has 2 aliphatic rings. The number of nitrogens with one attached hydrogen (secondary N) is 1. The first-order chi connectivity index (χ1) is 22.4. The number of nitrogens with zero attached hydrogens (tertiary/aromatic N) is 3. The van der Waals surface area contributed by atoms with Crippen LogP contribution in [0.3, 0.4) is 0 Å². The monoisotopic (exact) mass is 633 g/mol. The second kappa shape index (κ2) is 15.8. The first-order valence-electron chi connectivity index (χ1n) is 17.0. The molecule has 2 saturated heterocycles. The van der Waals surface area contributed by atoms with Gasteiger partial charge in [0.1, 0.15) is 6.04 Å². The largest absolute Gasteiger partial charge is 0.490 e. The fourth-order valence-electron chi connectivity index (χ4n) is 7.11. The van der Waals surface area contributed by atoms with E-state index in [2.05, 4.69) is 14.8 Å². The van der Waals surface area contributed by atoms with Crippen molar-refractivity contribution in [2.75, 3.05) is 46.0 Å². The number of benzene rings is 2. The molecule has 2 fully saturated rings. The molecule has 10 nitrogen and oxygen atoms in total. The molecule has 2 aromatic carbocycles. The minimum Gasteiger partial charge on any atom is -0.490 e. The normalized spacial score (nSPS) is 17.8. The number of piperidine rings is 2. The molecule has 0 aliphatic carbocycles. The van der Waals surface area contributed by atoms with Gasteiger partial charge in [-0.15, -0.1) is 0 Å². The third-order valence-electron chi connectivity index (χ3n) is 9.33. The molecule has 2 atom stereocenters. The average Bonchev–Trinajstić information content (AvgIpc) is 3.50. The van der Waals surface area contributed by atoms with Crippen LogP contribution in [-0.2, 0) is 16.1 Å². The molecule has 2 aliphatic heterocycles. The van der Waals surface area contributed by atoms with E-state index >= 15 is 0 Å². The van der Waals surface area contributed by atoms with Crippen molar-refractivity contribution in [1.29, 1.82) is 0 Å². The number of aromatic nitrogens is 1. The summed E-state index contributed by atoms with van der Waals surface area (Å²) in [4.78, 5) is 37.5. The van der Waals surface area contributed by atoms with Gasteiger partial charge >= 0.3 is 0 Å². The number of imide groups is 1. The predicted molar refractivity (Wildman–Crippen MR) is 180 cm³/mol. The lowest BCUT2D eigenvalue weighted by Crippen LogP contribution is -2.58. The Balaban J connectivity index is 1.47. The Kier molecular flexibility index (Phi) is 11.6. The topological polar surface area (TPSA) is 113 Å². The van der Waals surface area contributed by atoms with Crippen molar-refractivity contribution in [2.24, 2.45) is 5.73 Å². The van der Waals surface area contributed by atoms with E-state index in [0.29, 0.717) is 48.7 Å². The number of likely N-dealkylation sites (tertiary alicyclic amines) is 2. The number of hydrogen-bond donors (Lipinski definition) is 2. The molecule has 2 amide bonds. The number of carbonyl (C=O) groups is 2. The number of rotatable bonds is 13. The van der Waals surface area contributed by atoms with Gasteiger partial charge in [-0.3, -0.25) is 19.4 Å². The van der Waals surface area contributed by atoms with Gasteiger partial charge in [-0.1, -0.05) is 24.6 Å². The number of amides is 2. The molecule has 0 radical (unpaired) electrons. The molecule has 0 bridgehead atoms. The number of H-pyrrole nitrogens is 1. The molecule has 10 heteroatoms. The second-order valence-corrected chi connectivity index (χ2v) is 12.3. The number of carbonyl (C=O) groups excluding carboxylic acids is 2. The Hall–Kier alpha value is -3.60. The van der Waals surface area contributed by atoms with Gasteiger partial charge in [0.05, 0.1) is 32.4 Å². The van der Waals surface area contributed by atoms with Crippen LogP contribution < -0.4 is 19.9 Å². The van der Waals surface area contributed by atoms with E-state index in [9.17, 15) is 9.59 Å². The van der Waals surface area contributed by atoms with Gasteiger partial charge in [0, 0.05) is 43.2 Å². The number of fused-ring (bicyclic) bond motifs is 1. The van der Waals surface area contributed by atoms with Gasteiger partial charge in [-0.05, 0) is 88.9 Å². The minimum absolute atomic E-state index is 0.0576. The summed E-state index contributed by atoms with van der Waals surface area (Å²) in [5.74, 6) is 0.924. The van der Waals surface area contributed by atoms with Gasteiger partial charge in [-0.2, -0.15) is 0 Å². The summed E-state index contributed by atoms with van der Waals surface area (Å²) >= 11 is 0. The van der Waals surface area contributed by atoms with Crippen molar-refractivity contribution in [1.82, 2.24) is 19.7 Å². The summed E-state index contributed by atoms with van der Waals surface area (Å²) in [5.41, 5.74) is 9.63. The lowest BCUT2D eigenvalue weighted by molar-refractivity contribution is -0.149. The quantitative estimate of drug-likeness (QED) is 0.262. The highest BCUT2D eigenvalue weighted by molar-refractivity contribution is 5.98. The van der Waals surface area contributed by atoms with Crippen LogP contribution in [0.2, 0.25) is 0 Å². The maximum Gasteiger partial charge on any atom is 0.248 e. The Morgan fingerprint density at radius 1 is 0.935 bits per heavy atom. The molecule has 3 aromatic rings. The Morgan fingerprint density at radius 2 is 1.57 bits per heavy atom. The van der Waals surface area contributed by atoms with Gasteiger partial charge in [0.15, 0.2) is 11.5 Å². The van der Waals surface area contributed by atoms with Crippen molar-refractivity contribution >= 4 is 22.7 Å². The molecule has 5 rings (SSSR count). The van der Waals surface area contributed by atoms with E-state index in [-0.39, 0.29) is 18.4 Å². The SMILES string of the molecule is CCOc1cc(CN(C(C)=O)C(=O)C(C(N)c2c[nH]c3ccccc23)N2CCC(N3CCCCC3)CC2)cc(OCC)c1OCC. The summed E-state index contributed by atoms with van der Waals surface area (Å²) in [7, 11) is 0. The van der Waals surface area contributed by atoms with Crippen LogP contribution in [-0.4, -0.2) is 89.6 Å². The van der Waals surface area contributed by atoms with Crippen molar-refractivity contribution in [3.05, 3.63) is 53.7 Å². The zero-order chi connectivity index (χ0) is 32.6. The lowest BCUT2D eigenvalue weighted by Gasteiger charge is -2.44. The van der Waals surface area contributed by atoms with Crippen molar-refractivity contribution in [3.63, 3.8) is 0 Å². The molecule has 3 N–H and O–H groups in total. The fourth-order valence-corrected chi connectivity index (χ4v) is 7.11. The first-order valence-corrected chi connectivity index (χ1v) is 17.0. The van der Waals surface area contributed by atoms with Gasteiger partial charge < -0.3 is 29.8 Å². The van der Waals surface area contributed by atoms with Gasteiger partial charge in [-0.25, -0.2) is 0 Å². The van der Waals surface area contributed by atoms with E-state index in [0.717, 1.165) is 55.5 Å². The van der Waals surface area contributed by atoms with E-state index in [1.165, 1.54) is 31.1 Å². The third kappa shape index (κ3) is 7.51. The minimum atomic E-state index is -0.717. The maximum absolute atomic E-state index is 14.7. The number of para-hydroxylation sites is 1. The lowest BCUT2D eigenvalue weighted by atomic mass is 9.93. The molecular weight excluding hydrogens is 582 g/mol. The molecule has 250 valence electrons. The van der Waals surface area contributed by atoms with Crippen LogP contribution in [0, 0.1) is 0 Å². The predicted octanol–water partition coefficient (Wildman–Crippen LogP) is 5.26. The highest BCUT2D eigenvalue weighted by Gasteiger charge is 2.40. The van der Waals surface area contributed by atoms with E-state index in [1.54, 1.807) is 0 Å². The summed E-state index contributed by atoms with van der Waals surface area (Å²) in [6.45, 7) is 12.3. The Labute approximate surface area is 273 Å². The summed E-state index contributed by atoms with van der Waals surface area (Å²) in [6.07, 6.45) is 7.66. The van der Waals surface area contributed by atoms with Crippen molar-refractivity contribution in [2.45, 2.75) is 84.5 Å². The van der Waals surface area contributed by atoms with Crippen LogP contribution >= 0.6 is 0 Å². The summed E-state index contributed by atoms with van der Waals surface area (Å²) in [6, 6.07) is 10.8. The van der Waals surface area contributed by atoms with Crippen molar-refractivity contribution < 1.29 is 23.8 Å². The second-order valence-electron chi connectivity index (χ2n) is 12.3. The molecule has 2 unspecified atom stereocenters. The summed E-state index contributed by atoms with van der Waals surface area (Å²) < 4.78 is 17.7. The maximum atomic E-state index is 14.7. The summed E-state index contributed by atoms with van der Waals surface area (Å²) in [5, 5.41) is 0.986. The number of hydrogen-bond acceptors (Lipinski definition) is 8. The molecule has 0 saturated carbocycles. The smallest absolute Gasteiger partial charge is 0.248 e. The zero-order valence-electron chi connectivity index (χ0n) is 27.9. The highest BCUT2D eigenvalue weighted by atomic mass is 16.5. The van der Waals surface area contributed by atoms with E-state index in [4.69, 9.17) is 19.9 Å². The highest BCUT2D eigenvalue weighted by Crippen LogP contribution is 2.40. The molecule has 3 heterocycles. The van der Waals surface area contributed by atoms with Gasteiger partial charge in [0.25, 0.3) is 0 Å². The Bertz CT molecular complexity index is 1430. The first kappa shape index (κ1) is 33.8. The van der Waals surface area contributed by atoms with Crippen LogP contribution in [0.1, 0.15) is 77.0 Å². The van der Waals surface area contributed by atoms with Crippen LogP contribution in [0.4, 0.5) is 0 Å². The standard InChI is InChI=1S/C36H51N5O5/c1-5-44-31-21-26(22-32(45-6-2)35(31)46-7-3)24-41(25(4)42)36(43)34(33(37)29-23-38-30-14-10-9-13-28(29)30)40-19-15-27(16-20-40)39-17-11-8-12-18-39/h9-10,13-14,21-23,27,33-34,38H,5-8,11-12,15-20,24,37H2,1-4H3. The average molecular weight is 634 g/mol. The zero-order valence-corrected chi connectivity index (χ0v) is 27.9. The number of ether oxygens (including phenoxy) is 3. The molecular formula is C36H51N5O5. The number of nitrogens with two attached hydrogens (primary N) is 1. The van der Waals surface area contributed by atoms with Gasteiger partial charge in [0.2, 0.25) is 17.6 Å².